The molecule has 0 spiro atoms. The summed E-state index contributed by atoms with van der Waals surface area (Å²) >= 11 is 3.58. The summed E-state index contributed by atoms with van der Waals surface area (Å²) < 4.78 is 3.12. The molecule has 1 fully saturated rings. The van der Waals surface area contributed by atoms with Crippen molar-refractivity contribution in [1.82, 2.24) is 14.7 Å². The lowest BCUT2D eigenvalue weighted by Gasteiger charge is -2.44. The quantitative estimate of drug-likeness (QED) is 0.917. The summed E-state index contributed by atoms with van der Waals surface area (Å²) in [6.45, 7) is 9.19. The predicted octanol–water partition coefficient (Wildman–Crippen LogP) is 1.54. The van der Waals surface area contributed by atoms with Crippen LogP contribution in [0.1, 0.15) is 25.2 Å². The summed E-state index contributed by atoms with van der Waals surface area (Å²) in [5, 5.41) is 14.1. The molecular weight excluding hydrogens is 270 g/mol. The second-order valence-electron chi connectivity index (χ2n) is 4.80. The van der Waals surface area contributed by atoms with E-state index in [1.54, 1.807) is 0 Å². The summed E-state index contributed by atoms with van der Waals surface area (Å²) in [6.07, 6.45) is 0. The van der Waals surface area contributed by atoms with Gasteiger partial charge < -0.3 is 5.11 Å². The van der Waals surface area contributed by atoms with Crippen LogP contribution < -0.4 is 0 Å². The fourth-order valence-electron chi connectivity index (χ4n) is 2.26. The van der Waals surface area contributed by atoms with Gasteiger partial charge in [0.2, 0.25) is 0 Å². The van der Waals surface area contributed by atoms with Crippen LogP contribution in [0.2, 0.25) is 0 Å². The highest BCUT2D eigenvalue weighted by Crippen LogP contribution is 2.27. The van der Waals surface area contributed by atoms with E-state index < -0.39 is 5.60 Å². The maximum absolute atomic E-state index is 9.69. The normalized spacial score (nSPS) is 19.8. The van der Waals surface area contributed by atoms with Gasteiger partial charge in [-0.15, -0.1) is 0 Å². The molecule has 0 bridgehead atoms. The number of halogens is 1. The van der Waals surface area contributed by atoms with Crippen LogP contribution in [0.15, 0.2) is 4.47 Å². The zero-order chi connectivity index (χ0) is 11.9. The van der Waals surface area contributed by atoms with Crippen LogP contribution in [-0.4, -0.2) is 38.5 Å². The number of aromatic nitrogens is 2. The van der Waals surface area contributed by atoms with Crippen LogP contribution in [0.25, 0.3) is 0 Å². The molecule has 0 aliphatic carbocycles. The van der Waals surface area contributed by atoms with E-state index in [1.165, 1.54) is 5.69 Å². The van der Waals surface area contributed by atoms with Gasteiger partial charge in [0.1, 0.15) is 0 Å². The van der Waals surface area contributed by atoms with E-state index >= 15 is 0 Å². The Morgan fingerprint density at radius 3 is 2.62 bits per heavy atom. The largest absolute Gasteiger partial charge is 0.388 e. The summed E-state index contributed by atoms with van der Waals surface area (Å²) in [5.41, 5.74) is 1.73. The Morgan fingerprint density at radius 1 is 1.50 bits per heavy atom. The van der Waals surface area contributed by atoms with E-state index in [-0.39, 0.29) is 0 Å². The first-order valence-electron chi connectivity index (χ1n) is 5.59. The second kappa shape index (κ2) is 4.13. The molecule has 0 unspecified atom stereocenters. The smallest absolute Gasteiger partial charge is 0.0872 e. The van der Waals surface area contributed by atoms with Crippen molar-refractivity contribution in [2.75, 3.05) is 13.1 Å². The van der Waals surface area contributed by atoms with E-state index in [0.29, 0.717) is 0 Å². The topological polar surface area (TPSA) is 41.3 Å². The first-order chi connectivity index (χ1) is 7.43. The highest BCUT2D eigenvalue weighted by Gasteiger charge is 2.37. The van der Waals surface area contributed by atoms with E-state index in [2.05, 4.69) is 32.9 Å². The minimum Gasteiger partial charge on any atom is -0.388 e. The average Bonchev–Trinajstić information content (AvgIpc) is 2.42. The van der Waals surface area contributed by atoms with Crippen molar-refractivity contribution < 1.29 is 5.11 Å². The molecule has 2 rings (SSSR count). The van der Waals surface area contributed by atoms with Crippen molar-refractivity contribution in [3.8, 4) is 0 Å². The maximum Gasteiger partial charge on any atom is 0.0872 e. The van der Waals surface area contributed by atoms with Gasteiger partial charge in [-0.05, 0) is 36.7 Å². The third-order valence-electron chi connectivity index (χ3n) is 2.95. The molecule has 1 N–H and O–H groups in total. The molecule has 5 heteroatoms. The Balaban J connectivity index is 2.10. The third-order valence-corrected chi connectivity index (χ3v) is 3.99. The van der Waals surface area contributed by atoms with E-state index in [0.717, 1.165) is 36.3 Å². The molecular formula is C11H18BrN3O. The molecule has 0 radical (unpaired) electrons. The number of hydrogen-bond acceptors (Lipinski definition) is 3. The molecule has 16 heavy (non-hydrogen) atoms. The van der Waals surface area contributed by atoms with E-state index in [4.69, 9.17) is 0 Å². The zero-order valence-corrected chi connectivity index (χ0v) is 11.6. The number of aliphatic hydroxyl groups is 1. The molecule has 1 saturated heterocycles. The van der Waals surface area contributed by atoms with Crippen molar-refractivity contribution in [3.63, 3.8) is 0 Å². The molecule has 0 aromatic carbocycles. The fraction of sp³-hybridized carbons (Fsp3) is 0.727. The van der Waals surface area contributed by atoms with Gasteiger partial charge in [-0.25, -0.2) is 0 Å². The molecule has 1 aromatic heterocycles. The van der Waals surface area contributed by atoms with Gasteiger partial charge in [-0.3, -0.25) is 9.58 Å². The summed E-state index contributed by atoms with van der Waals surface area (Å²) in [7, 11) is 0. The minimum absolute atomic E-state index is 0.501. The monoisotopic (exact) mass is 287 g/mol. The zero-order valence-electron chi connectivity index (χ0n) is 10.00. The predicted molar refractivity (Wildman–Crippen MR) is 66.2 cm³/mol. The van der Waals surface area contributed by atoms with Crippen LogP contribution in [0.4, 0.5) is 0 Å². The van der Waals surface area contributed by atoms with E-state index in [1.807, 2.05) is 18.5 Å². The van der Waals surface area contributed by atoms with Gasteiger partial charge in [-0.2, -0.15) is 5.10 Å². The van der Waals surface area contributed by atoms with Crippen molar-refractivity contribution in [2.24, 2.45) is 0 Å². The lowest BCUT2D eigenvalue weighted by Crippen LogP contribution is -2.59. The van der Waals surface area contributed by atoms with Crippen LogP contribution >= 0.6 is 15.9 Å². The molecule has 1 aliphatic heterocycles. The average molecular weight is 288 g/mol. The van der Waals surface area contributed by atoms with Gasteiger partial charge >= 0.3 is 0 Å². The molecule has 1 aromatic rings. The van der Waals surface area contributed by atoms with Crippen LogP contribution in [0, 0.1) is 6.92 Å². The summed E-state index contributed by atoms with van der Waals surface area (Å²) in [6, 6.07) is 0. The van der Waals surface area contributed by atoms with Crippen molar-refractivity contribution in [3.05, 3.63) is 15.9 Å². The lowest BCUT2D eigenvalue weighted by atomic mass is 9.97. The van der Waals surface area contributed by atoms with Crippen molar-refractivity contribution in [2.45, 2.75) is 39.5 Å². The fourth-order valence-corrected chi connectivity index (χ4v) is 2.67. The Morgan fingerprint density at radius 2 is 2.12 bits per heavy atom. The van der Waals surface area contributed by atoms with Crippen LogP contribution in [0.5, 0.6) is 0 Å². The number of hydrogen-bond donors (Lipinski definition) is 1. The molecule has 4 nitrogen and oxygen atoms in total. The summed E-state index contributed by atoms with van der Waals surface area (Å²) in [4.78, 5) is 2.23. The Hall–Kier alpha value is -0.390. The maximum atomic E-state index is 9.69. The highest BCUT2D eigenvalue weighted by molar-refractivity contribution is 9.10. The molecule has 0 saturated carbocycles. The molecule has 2 heterocycles. The summed E-state index contributed by atoms with van der Waals surface area (Å²) in [5.74, 6) is 0. The van der Waals surface area contributed by atoms with Crippen LogP contribution in [0.3, 0.4) is 0 Å². The SMILES string of the molecule is CCn1nc(C)c(Br)c1CN1CC(C)(O)C1. The van der Waals surface area contributed by atoms with Gasteiger partial charge in [0.05, 0.1) is 21.5 Å². The van der Waals surface area contributed by atoms with Crippen molar-refractivity contribution in [1.29, 1.82) is 0 Å². The van der Waals surface area contributed by atoms with Gasteiger partial charge in [-0.1, -0.05) is 0 Å². The van der Waals surface area contributed by atoms with Gasteiger partial charge in [0.15, 0.2) is 0 Å². The molecule has 0 atom stereocenters. The Bertz CT molecular complexity index is 392. The Labute approximate surface area is 104 Å². The van der Waals surface area contributed by atoms with Crippen molar-refractivity contribution >= 4 is 15.9 Å². The van der Waals surface area contributed by atoms with Gasteiger partial charge in [0, 0.05) is 26.2 Å². The lowest BCUT2D eigenvalue weighted by molar-refractivity contribution is -0.0880. The van der Waals surface area contributed by atoms with E-state index in [9.17, 15) is 5.11 Å². The standard InChI is InChI=1S/C11H18BrN3O/c1-4-15-9(10(12)8(2)13-15)5-14-6-11(3,16)7-14/h16H,4-7H2,1-3H3. The number of rotatable bonds is 3. The molecule has 0 amide bonds. The van der Waals surface area contributed by atoms with Crippen LogP contribution in [-0.2, 0) is 13.1 Å². The van der Waals surface area contributed by atoms with Gasteiger partial charge in [0.25, 0.3) is 0 Å². The minimum atomic E-state index is -0.501. The first kappa shape index (κ1) is 12.1. The highest BCUT2D eigenvalue weighted by atomic mass is 79.9. The molecule has 1 aliphatic rings. The first-order valence-corrected chi connectivity index (χ1v) is 6.39. The molecule has 90 valence electrons. The number of aryl methyl sites for hydroxylation is 2. The number of β-amino-alcohol motifs (C(OH)–C–C–N with tert-alkyl or cyclic N) is 1. The number of nitrogens with zero attached hydrogens (tertiary/aromatic N) is 3. The third kappa shape index (κ3) is 2.17. The second-order valence-corrected chi connectivity index (χ2v) is 5.60. The Kier molecular flexibility index (Phi) is 3.11. The number of likely N-dealkylation sites (tertiary alicyclic amines) is 1.